The van der Waals surface area contributed by atoms with Gasteiger partial charge < -0.3 is 10.0 Å². The summed E-state index contributed by atoms with van der Waals surface area (Å²) in [6, 6.07) is 18.5. The molecule has 0 radical (unpaired) electrons. The van der Waals surface area contributed by atoms with Crippen molar-refractivity contribution in [1.82, 2.24) is 4.90 Å². The third-order valence-electron chi connectivity index (χ3n) is 7.39. The molecule has 2 heteroatoms. The third-order valence-corrected chi connectivity index (χ3v) is 7.39. The summed E-state index contributed by atoms with van der Waals surface area (Å²) in [6.45, 7) is 5.99. The first kappa shape index (κ1) is 20.6. The maximum absolute atomic E-state index is 10.8. The Bertz CT molecular complexity index is 744. The Kier molecular flexibility index (Phi) is 7.05. The van der Waals surface area contributed by atoms with E-state index in [1.807, 2.05) is 36.4 Å². The second-order valence-electron chi connectivity index (χ2n) is 9.42. The summed E-state index contributed by atoms with van der Waals surface area (Å²) < 4.78 is 0. The van der Waals surface area contributed by atoms with E-state index in [0.29, 0.717) is 5.92 Å². The Morgan fingerprint density at radius 2 is 1.41 bits per heavy atom. The molecule has 0 amide bonds. The van der Waals surface area contributed by atoms with E-state index in [1.54, 1.807) is 0 Å². The highest BCUT2D eigenvalue weighted by molar-refractivity contribution is 5.33. The molecule has 2 nitrogen and oxygen atoms in total. The predicted octanol–water partition coefficient (Wildman–Crippen LogP) is 6.16. The van der Waals surface area contributed by atoms with Gasteiger partial charge in [0.25, 0.3) is 0 Å². The monoisotopic (exact) mass is 391 g/mol. The molecule has 0 aromatic heterocycles. The van der Waals surface area contributed by atoms with Crippen LogP contribution in [0.4, 0.5) is 0 Å². The molecule has 1 heterocycles. The van der Waals surface area contributed by atoms with Gasteiger partial charge in [-0.15, -0.1) is 0 Å². The van der Waals surface area contributed by atoms with Crippen LogP contribution < -0.4 is 0 Å². The Hall–Kier alpha value is -1.64. The fourth-order valence-corrected chi connectivity index (χ4v) is 5.57. The van der Waals surface area contributed by atoms with Gasteiger partial charge in [0.05, 0.1) is 0 Å². The molecule has 2 unspecified atom stereocenters. The van der Waals surface area contributed by atoms with Crippen molar-refractivity contribution in [1.29, 1.82) is 0 Å². The Labute approximate surface area is 177 Å². The van der Waals surface area contributed by atoms with Gasteiger partial charge in [0, 0.05) is 6.54 Å². The van der Waals surface area contributed by atoms with Gasteiger partial charge in [-0.1, -0.05) is 93.6 Å². The predicted molar refractivity (Wildman–Crippen MR) is 121 cm³/mol. The molecule has 1 N–H and O–H groups in total. The molecule has 0 bridgehead atoms. The molecule has 1 aliphatic carbocycles. The smallest absolute Gasteiger partial charge is 0.104 e. The number of hydrogen-bond acceptors (Lipinski definition) is 2. The van der Waals surface area contributed by atoms with Crippen LogP contribution in [0.25, 0.3) is 0 Å². The van der Waals surface area contributed by atoms with Crippen LogP contribution in [-0.4, -0.2) is 29.6 Å². The number of aliphatic hydroxyl groups excluding tert-OH is 1. The van der Waals surface area contributed by atoms with Crippen molar-refractivity contribution in [3.8, 4) is 0 Å². The molecule has 2 aromatic rings. The maximum Gasteiger partial charge on any atom is 0.104 e. The molecule has 2 fully saturated rings. The Morgan fingerprint density at radius 1 is 0.793 bits per heavy atom. The highest BCUT2D eigenvalue weighted by Crippen LogP contribution is 2.36. The Morgan fingerprint density at radius 3 is 2.14 bits per heavy atom. The van der Waals surface area contributed by atoms with Gasteiger partial charge >= 0.3 is 0 Å². The SMILES string of the molecule is CC(CN1CCC(C2CCCCC2)CC1)c1cccc(C(O)c2ccccc2)c1. The van der Waals surface area contributed by atoms with Gasteiger partial charge in [0.2, 0.25) is 0 Å². The number of hydrogen-bond donors (Lipinski definition) is 1. The van der Waals surface area contributed by atoms with Crippen LogP contribution >= 0.6 is 0 Å². The molecule has 2 aromatic carbocycles. The van der Waals surface area contributed by atoms with Crippen LogP contribution in [-0.2, 0) is 0 Å². The normalized spacial score (nSPS) is 21.7. The molecule has 1 saturated heterocycles. The summed E-state index contributed by atoms with van der Waals surface area (Å²) in [5, 5.41) is 10.8. The van der Waals surface area contributed by atoms with Gasteiger partial charge in [-0.25, -0.2) is 0 Å². The van der Waals surface area contributed by atoms with E-state index >= 15 is 0 Å². The highest BCUT2D eigenvalue weighted by atomic mass is 16.3. The zero-order valence-electron chi connectivity index (χ0n) is 18.0. The van der Waals surface area contributed by atoms with E-state index < -0.39 is 6.10 Å². The molecule has 2 aliphatic rings. The second kappa shape index (κ2) is 9.91. The zero-order chi connectivity index (χ0) is 20.1. The second-order valence-corrected chi connectivity index (χ2v) is 9.42. The number of piperidine rings is 1. The number of benzene rings is 2. The topological polar surface area (TPSA) is 23.5 Å². The lowest BCUT2D eigenvalue weighted by Gasteiger charge is -2.38. The van der Waals surface area contributed by atoms with Crippen LogP contribution in [0.2, 0.25) is 0 Å². The lowest BCUT2D eigenvalue weighted by Crippen LogP contribution is -2.38. The van der Waals surface area contributed by atoms with Crippen molar-refractivity contribution < 1.29 is 5.11 Å². The minimum absolute atomic E-state index is 0.490. The van der Waals surface area contributed by atoms with E-state index in [4.69, 9.17) is 0 Å². The molecular weight excluding hydrogens is 354 g/mol. The van der Waals surface area contributed by atoms with E-state index in [9.17, 15) is 5.11 Å². The first-order valence-corrected chi connectivity index (χ1v) is 11.8. The fourth-order valence-electron chi connectivity index (χ4n) is 5.57. The lowest BCUT2D eigenvalue weighted by molar-refractivity contribution is 0.123. The van der Waals surface area contributed by atoms with Crippen molar-refractivity contribution in [2.45, 2.75) is 63.9 Å². The standard InChI is InChI=1S/C27H37NO/c1-21(20-28-17-15-23(16-18-28)22-9-4-2-5-10-22)25-13-8-14-26(19-25)27(29)24-11-6-3-7-12-24/h3,6-8,11-14,19,21-23,27,29H,2,4-5,9-10,15-18,20H2,1H3. The van der Waals surface area contributed by atoms with Crippen LogP contribution in [0.15, 0.2) is 54.6 Å². The first-order chi connectivity index (χ1) is 14.2. The van der Waals surface area contributed by atoms with Crippen LogP contribution in [0.1, 0.15) is 80.6 Å². The maximum atomic E-state index is 10.8. The molecule has 0 spiro atoms. The Balaban J connectivity index is 1.32. The van der Waals surface area contributed by atoms with Crippen molar-refractivity contribution in [3.63, 3.8) is 0 Å². The summed E-state index contributed by atoms with van der Waals surface area (Å²) in [5.74, 6) is 2.48. The quantitative estimate of drug-likeness (QED) is 0.637. The molecule has 156 valence electrons. The van der Waals surface area contributed by atoms with E-state index in [0.717, 1.165) is 29.5 Å². The first-order valence-electron chi connectivity index (χ1n) is 11.8. The van der Waals surface area contributed by atoms with Crippen LogP contribution in [0, 0.1) is 11.8 Å². The fraction of sp³-hybridized carbons (Fsp3) is 0.556. The van der Waals surface area contributed by atoms with Crippen molar-refractivity contribution in [2.24, 2.45) is 11.8 Å². The number of likely N-dealkylation sites (tertiary alicyclic amines) is 1. The van der Waals surface area contributed by atoms with E-state index in [1.165, 1.54) is 63.6 Å². The minimum atomic E-state index is -0.547. The van der Waals surface area contributed by atoms with Crippen LogP contribution in [0.5, 0.6) is 0 Å². The molecular formula is C27H37NO. The number of rotatable bonds is 6. The van der Waals surface area contributed by atoms with E-state index in [2.05, 4.69) is 30.0 Å². The largest absolute Gasteiger partial charge is 0.384 e. The summed E-state index contributed by atoms with van der Waals surface area (Å²) >= 11 is 0. The van der Waals surface area contributed by atoms with Gasteiger partial charge in [-0.05, 0) is 60.4 Å². The molecule has 1 aliphatic heterocycles. The summed E-state index contributed by atoms with van der Waals surface area (Å²) in [5.41, 5.74) is 3.30. The summed E-state index contributed by atoms with van der Waals surface area (Å²) in [4.78, 5) is 2.67. The molecule has 1 saturated carbocycles. The number of aliphatic hydroxyl groups is 1. The molecule has 29 heavy (non-hydrogen) atoms. The number of nitrogens with zero attached hydrogens (tertiary/aromatic N) is 1. The van der Waals surface area contributed by atoms with Crippen molar-refractivity contribution in [2.75, 3.05) is 19.6 Å². The highest BCUT2D eigenvalue weighted by Gasteiger charge is 2.28. The van der Waals surface area contributed by atoms with Crippen LogP contribution in [0.3, 0.4) is 0 Å². The van der Waals surface area contributed by atoms with Crippen molar-refractivity contribution >= 4 is 0 Å². The summed E-state index contributed by atoms with van der Waals surface area (Å²) in [6.07, 6.45) is 9.60. The molecule has 2 atom stereocenters. The van der Waals surface area contributed by atoms with Gasteiger partial charge in [-0.2, -0.15) is 0 Å². The van der Waals surface area contributed by atoms with Gasteiger partial charge in [0.15, 0.2) is 0 Å². The van der Waals surface area contributed by atoms with Crippen molar-refractivity contribution in [3.05, 3.63) is 71.3 Å². The third kappa shape index (κ3) is 5.29. The lowest BCUT2D eigenvalue weighted by atomic mass is 9.76. The zero-order valence-corrected chi connectivity index (χ0v) is 18.0. The average Bonchev–Trinajstić information content (AvgIpc) is 2.80. The average molecular weight is 392 g/mol. The van der Waals surface area contributed by atoms with E-state index in [-0.39, 0.29) is 0 Å². The van der Waals surface area contributed by atoms with Gasteiger partial charge in [-0.3, -0.25) is 0 Å². The minimum Gasteiger partial charge on any atom is -0.384 e. The van der Waals surface area contributed by atoms with Gasteiger partial charge in [0.1, 0.15) is 6.10 Å². The summed E-state index contributed by atoms with van der Waals surface area (Å²) in [7, 11) is 0. The molecule has 4 rings (SSSR count).